The lowest BCUT2D eigenvalue weighted by atomic mass is 10.2. The number of fused-ring (bicyclic) bond motifs is 2. The Balaban J connectivity index is 1.65. The second kappa shape index (κ2) is 5.62. The molecule has 0 amide bonds. The van der Waals surface area contributed by atoms with Crippen molar-refractivity contribution in [1.29, 1.82) is 0 Å². The average molecular weight is 323 g/mol. The number of hydrogen-bond acceptors (Lipinski definition) is 5. The van der Waals surface area contributed by atoms with Gasteiger partial charge < -0.3 is 10.3 Å². The van der Waals surface area contributed by atoms with Crippen molar-refractivity contribution in [3.8, 4) is 0 Å². The Labute approximate surface area is 137 Å². The van der Waals surface area contributed by atoms with Gasteiger partial charge in [-0.1, -0.05) is 19.1 Å². The van der Waals surface area contributed by atoms with Gasteiger partial charge in [-0.15, -0.1) is 11.3 Å². The standard InChI is InChI=1S/C17H17N5S/c1-3-13-21-16(11-7-8-23-17(11)22-13)18-9-14-19-12-6-4-5-10(2)15(12)20-14/h4-8H,3,9H2,1-2H3,(H,19,20)(H,18,21,22). The summed E-state index contributed by atoms with van der Waals surface area (Å²) in [4.78, 5) is 18.2. The summed E-state index contributed by atoms with van der Waals surface area (Å²) in [6, 6.07) is 8.23. The van der Waals surface area contributed by atoms with Crippen LogP contribution in [0.1, 0.15) is 24.1 Å². The Bertz CT molecular complexity index is 985. The van der Waals surface area contributed by atoms with Crippen LogP contribution in [0.25, 0.3) is 21.3 Å². The van der Waals surface area contributed by atoms with E-state index >= 15 is 0 Å². The Morgan fingerprint density at radius 1 is 1.17 bits per heavy atom. The van der Waals surface area contributed by atoms with E-state index in [0.29, 0.717) is 6.54 Å². The largest absolute Gasteiger partial charge is 0.362 e. The second-order valence-corrected chi connectivity index (χ2v) is 6.38. The van der Waals surface area contributed by atoms with Gasteiger partial charge in [0.05, 0.1) is 23.0 Å². The molecule has 4 aromatic rings. The number of H-pyrrole nitrogens is 1. The van der Waals surface area contributed by atoms with E-state index in [1.54, 1.807) is 11.3 Å². The number of rotatable bonds is 4. The van der Waals surface area contributed by atoms with Crippen molar-refractivity contribution in [2.75, 3.05) is 5.32 Å². The number of nitrogens with one attached hydrogen (secondary N) is 2. The number of imidazole rings is 1. The molecule has 0 radical (unpaired) electrons. The molecule has 0 aliphatic heterocycles. The van der Waals surface area contributed by atoms with Crippen LogP contribution in [0.3, 0.4) is 0 Å². The lowest BCUT2D eigenvalue weighted by Crippen LogP contribution is -2.05. The average Bonchev–Trinajstić information content (AvgIpc) is 3.19. The molecule has 0 bridgehead atoms. The third-order valence-electron chi connectivity index (χ3n) is 3.87. The minimum Gasteiger partial charge on any atom is -0.362 e. The molecule has 23 heavy (non-hydrogen) atoms. The van der Waals surface area contributed by atoms with Crippen LogP contribution in [0.15, 0.2) is 29.6 Å². The summed E-state index contributed by atoms with van der Waals surface area (Å²) in [5.41, 5.74) is 3.28. The first kappa shape index (κ1) is 14.1. The second-order valence-electron chi connectivity index (χ2n) is 5.49. The van der Waals surface area contributed by atoms with Crippen molar-refractivity contribution in [1.82, 2.24) is 19.9 Å². The van der Waals surface area contributed by atoms with Gasteiger partial charge in [0.25, 0.3) is 0 Å². The Hall–Kier alpha value is -2.47. The number of aromatic amines is 1. The van der Waals surface area contributed by atoms with E-state index in [4.69, 9.17) is 0 Å². The number of anilines is 1. The van der Waals surface area contributed by atoms with Crippen LogP contribution < -0.4 is 5.32 Å². The van der Waals surface area contributed by atoms with Gasteiger partial charge in [0.15, 0.2) is 0 Å². The quantitative estimate of drug-likeness (QED) is 0.594. The lowest BCUT2D eigenvalue weighted by molar-refractivity contribution is 0.943. The molecule has 1 aromatic carbocycles. The van der Waals surface area contributed by atoms with Crippen molar-refractivity contribution in [3.05, 3.63) is 46.9 Å². The zero-order valence-corrected chi connectivity index (χ0v) is 13.9. The highest BCUT2D eigenvalue weighted by molar-refractivity contribution is 7.16. The maximum Gasteiger partial charge on any atom is 0.138 e. The van der Waals surface area contributed by atoms with Crippen molar-refractivity contribution in [2.45, 2.75) is 26.8 Å². The first-order valence-electron chi connectivity index (χ1n) is 7.67. The molecule has 2 N–H and O–H groups in total. The summed E-state index contributed by atoms with van der Waals surface area (Å²) >= 11 is 1.64. The van der Waals surface area contributed by atoms with Crippen LogP contribution in [-0.4, -0.2) is 19.9 Å². The first-order chi connectivity index (χ1) is 11.2. The molecule has 0 spiro atoms. The lowest BCUT2D eigenvalue weighted by Gasteiger charge is -2.06. The van der Waals surface area contributed by atoms with Crippen LogP contribution >= 0.6 is 11.3 Å². The molecule has 0 unspecified atom stereocenters. The number of hydrogen-bond donors (Lipinski definition) is 2. The predicted molar refractivity (Wildman–Crippen MR) is 95.0 cm³/mol. The van der Waals surface area contributed by atoms with Gasteiger partial charge in [0.1, 0.15) is 22.3 Å². The van der Waals surface area contributed by atoms with Gasteiger partial charge >= 0.3 is 0 Å². The summed E-state index contributed by atoms with van der Waals surface area (Å²) in [6.45, 7) is 4.76. The van der Waals surface area contributed by atoms with E-state index in [9.17, 15) is 0 Å². The molecule has 3 aromatic heterocycles. The summed E-state index contributed by atoms with van der Waals surface area (Å²) in [5, 5.41) is 6.53. The highest BCUT2D eigenvalue weighted by atomic mass is 32.1. The van der Waals surface area contributed by atoms with Crippen LogP contribution in [0.4, 0.5) is 5.82 Å². The molecule has 0 aliphatic carbocycles. The van der Waals surface area contributed by atoms with E-state index in [1.165, 1.54) is 5.56 Å². The number of aromatic nitrogens is 4. The van der Waals surface area contributed by atoms with Gasteiger partial charge in [-0.05, 0) is 30.0 Å². The molecular formula is C17H17N5S. The van der Waals surface area contributed by atoms with Gasteiger partial charge in [-0.3, -0.25) is 0 Å². The highest BCUT2D eigenvalue weighted by Crippen LogP contribution is 2.25. The molecule has 116 valence electrons. The third-order valence-corrected chi connectivity index (χ3v) is 4.68. The molecule has 3 heterocycles. The maximum absolute atomic E-state index is 4.68. The SMILES string of the molecule is CCc1nc(NCc2nc3c(C)cccc3[nH]2)c2ccsc2n1. The van der Waals surface area contributed by atoms with Crippen LogP contribution in [-0.2, 0) is 13.0 Å². The van der Waals surface area contributed by atoms with Crippen molar-refractivity contribution in [3.63, 3.8) is 0 Å². The summed E-state index contributed by atoms with van der Waals surface area (Å²) in [7, 11) is 0. The highest BCUT2D eigenvalue weighted by Gasteiger charge is 2.09. The molecule has 0 saturated heterocycles. The fourth-order valence-corrected chi connectivity index (χ4v) is 3.45. The number of nitrogens with zero attached hydrogens (tertiary/aromatic N) is 3. The van der Waals surface area contributed by atoms with Gasteiger partial charge in [0, 0.05) is 6.42 Å². The smallest absolute Gasteiger partial charge is 0.138 e. The fraction of sp³-hybridized carbons (Fsp3) is 0.235. The molecule has 0 fully saturated rings. The first-order valence-corrected chi connectivity index (χ1v) is 8.54. The summed E-state index contributed by atoms with van der Waals surface area (Å²) < 4.78 is 0. The van der Waals surface area contributed by atoms with Gasteiger partial charge in [-0.25, -0.2) is 15.0 Å². The van der Waals surface area contributed by atoms with E-state index < -0.39 is 0 Å². The van der Waals surface area contributed by atoms with Gasteiger partial charge in [0.2, 0.25) is 0 Å². The topological polar surface area (TPSA) is 66.5 Å². The van der Waals surface area contributed by atoms with E-state index in [-0.39, 0.29) is 0 Å². The Kier molecular flexibility index (Phi) is 3.46. The van der Waals surface area contributed by atoms with Crippen LogP contribution in [0.2, 0.25) is 0 Å². The monoisotopic (exact) mass is 323 g/mol. The van der Waals surface area contributed by atoms with Gasteiger partial charge in [-0.2, -0.15) is 0 Å². The van der Waals surface area contributed by atoms with E-state index in [1.807, 2.05) is 6.07 Å². The number of benzene rings is 1. The summed E-state index contributed by atoms with van der Waals surface area (Å²) in [6.07, 6.45) is 0.826. The van der Waals surface area contributed by atoms with Crippen LogP contribution in [0.5, 0.6) is 0 Å². The summed E-state index contributed by atoms with van der Waals surface area (Å²) in [5.74, 6) is 2.66. The number of para-hydroxylation sites is 1. The zero-order chi connectivity index (χ0) is 15.8. The normalized spacial score (nSPS) is 11.4. The maximum atomic E-state index is 4.68. The van der Waals surface area contributed by atoms with Crippen molar-refractivity contribution in [2.24, 2.45) is 0 Å². The minimum atomic E-state index is 0.610. The number of thiophene rings is 1. The molecule has 6 heteroatoms. The predicted octanol–water partition coefficient (Wildman–Crippen LogP) is 4.05. The molecule has 5 nitrogen and oxygen atoms in total. The zero-order valence-electron chi connectivity index (χ0n) is 13.1. The fourth-order valence-electron chi connectivity index (χ4n) is 2.67. The molecule has 0 atom stereocenters. The minimum absolute atomic E-state index is 0.610. The van der Waals surface area contributed by atoms with E-state index in [2.05, 4.69) is 62.7 Å². The molecular weight excluding hydrogens is 306 g/mol. The molecule has 0 saturated carbocycles. The molecule has 4 rings (SSSR count). The van der Waals surface area contributed by atoms with Crippen molar-refractivity contribution < 1.29 is 0 Å². The van der Waals surface area contributed by atoms with Crippen molar-refractivity contribution >= 4 is 38.4 Å². The van der Waals surface area contributed by atoms with E-state index in [0.717, 1.165) is 45.1 Å². The Morgan fingerprint density at radius 3 is 2.91 bits per heavy atom. The van der Waals surface area contributed by atoms with Crippen LogP contribution in [0, 0.1) is 6.92 Å². The third kappa shape index (κ3) is 2.55. The molecule has 0 aliphatic rings. The number of aryl methyl sites for hydroxylation is 2. The Morgan fingerprint density at radius 2 is 2.09 bits per heavy atom.